The molecule has 0 bridgehead atoms. The lowest BCUT2D eigenvalue weighted by molar-refractivity contribution is -0.139. The number of hydrogen-bond acceptors (Lipinski definition) is 3. The minimum Gasteiger partial charge on any atom is -0.479 e. The van der Waals surface area contributed by atoms with E-state index in [-0.39, 0.29) is 10.7 Å². The number of amides is 1. The molecule has 7 heteroatoms. The van der Waals surface area contributed by atoms with Crippen molar-refractivity contribution >= 4 is 23.5 Å². The third-order valence-electron chi connectivity index (χ3n) is 2.79. The quantitative estimate of drug-likeness (QED) is 0.897. The number of carboxylic acids is 1. The number of nitrogens with one attached hydrogen (secondary N) is 1. The topological polar surface area (TPSA) is 84.2 Å². The van der Waals surface area contributed by atoms with Crippen molar-refractivity contribution < 1.29 is 14.7 Å². The summed E-state index contributed by atoms with van der Waals surface area (Å²) in [6.07, 6.45) is 1.46. The molecule has 104 valence electrons. The van der Waals surface area contributed by atoms with Gasteiger partial charge < -0.3 is 10.4 Å². The molecule has 0 saturated carbocycles. The molecule has 0 aliphatic heterocycles. The minimum atomic E-state index is -1.22. The van der Waals surface area contributed by atoms with Crippen molar-refractivity contribution in [3.05, 3.63) is 52.8 Å². The maximum Gasteiger partial charge on any atom is 0.330 e. The Morgan fingerprint density at radius 2 is 2.05 bits per heavy atom. The first-order chi connectivity index (χ1) is 9.50. The fourth-order valence-corrected chi connectivity index (χ4v) is 2.03. The summed E-state index contributed by atoms with van der Waals surface area (Å²) in [5.74, 6) is -1.72. The molecule has 1 amide bonds. The van der Waals surface area contributed by atoms with E-state index in [9.17, 15) is 14.7 Å². The molecule has 0 unspecified atom stereocenters. The predicted molar refractivity (Wildman–Crippen MR) is 72.5 cm³/mol. The smallest absolute Gasteiger partial charge is 0.330 e. The highest BCUT2D eigenvalue weighted by Gasteiger charge is 2.25. The lowest BCUT2D eigenvalue weighted by Crippen LogP contribution is -2.34. The second kappa shape index (κ2) is 5.75. The van der Waals surface area contributed by atoms with Gasteiger partial charge in [-0.1, -0.05) is 29.8 Å². The van der Waals surface area contributed by atoms with Crippen molar-refractivity contribution in [1.29, 1.82) is 0 Å². The van der Waals surface area contributed by atoms with Crippen LogP contribution in [0.25, 0.3) is 0 Å². The average Bonchev–Trinajstić information content (AvgIpc) is 2.83. The molecule has 20 heavy (non-hydrogen) atoms. The summed E-state index contributed by atoms with van der Waals surface area (Å²) >= 11 is 5.97. The summed E-state index contributed by atoms with van der Waals surface area (Å²) in [6.45, 7) is 0. The van der Waals surface area contributed by atoms with Crippen LogP contribution in [0.5, 0.6) is 0 Å². The van der Waals surface area contributed by atoms with Crippen molar-refractivity contribution in [1.82, 2.24) is 15.1 Å². The molecule has 1 atom stereocenters. The van der Waals surface area contributed by atoms with E-state index in [2.05, 4.69) is 10.4 Å². The van der Waals surface area contributed by atoms with E-state index in [1.54, 1.807) is 31.3 Å². The third kappa shape index (κ3) is 2.80. The van der Waals surface area contributed by atoms with Gasteiger partial charge in [0.05, 0.1) is 0 Å². The number of benzene rings is 1. The Kier molecular flexibility index (Phi) is 4.05. The van der Waals surface area contributed by atoms with Crippen molar-refractivity contribution in [3.8, 4) is 0 Å². The van der Waals surface area contributed by atoms with Crippen molar-refractivity contribution in [2.75, 3.05) is 0 Å². The van der Waals surface area contributed by atoms with Crippen molar-refractivity contribution in [3.63, 3.8) is 0 Å². The SMILES string of the molecule is Cn1nccc1C(=O)N[C@@H](C(=O)O)c1ccccc1Cl. The standard InChI is InChI=1S/C13H12ClN3O3/c1-17-10(6-7-15-17)12(18)16-11(13(19)20)8-4-2-3-5-9(8)14/h2-7,11H,1H3,(H,16,18)(H,19,20)/t11-/m1/s1. The van der Waals surface area contributed by atoms with Crippen LogP contribution >= 0.6 is 11.6 Å². The number of rotatable bonds is 4. The number of halogens is 1. The van der Waals surface area contributed by atoms with Crippen LogP contribution in [0.3, 0.4) is 0 Å². The number of aryl methyl sites for hydroxylation is 1. The number of aliphatic carboxylic acids is 1. The van der Waals surface area contributed by atoms with Gasteiger partial charge in [-0.05, 0) is 12.1 Å². The fraction of sp³-hybridized carbons (Fsp3) is 0.154. The lowest BCUT2D eigenvalue weighted by Gasteiger charge is -2.16. The van der Waals surface area contributed by atoms with Gasteiger partial charge in [0.15, 0.2) is 6.04 Å². The molecule has 0 fully saturated rings. The van der Waals surface area contributed by atoms with Crippen LogP contribution < -0.4 is 5.32 Å². The zero-order chi connectivity index (χ0) is 14.7. The Morgan fingerprint density at radius 1 is 1.35 bits per heavy atom. The van der Waals surface area contributed by atoms with Crippen LogP contribution in [0.2, 0.25) is 5.02 Å². The van der Waals surface area contributed by atoms with Gasteiger partial charge in [0.2, 0.25) is 0 Å². The van der Waals surface area contributed by atoms with Crippen LogP contribution in [0, 0.1) is 0 Å². The molecule has 0 radical (unpaired) electrons. The van der Waals surface area contributed by atoms with Gasteiger partial charge in [-0.15, -0.1) is 0 Å². The maximum absolute atomic E-state index is 12.0. The third-order valence-corrected chi connectivity index (χ3v) is 3.14. The second-order valence-corrected chi connectivity index (χ2v) is 4.51. The summed E-state index contributed by atoms with van der Waals surface area (Å²) in [5.41, 5.74) is 0.598. The molecule has 0 saturated heterocycles. The van der Waals surface area contributed by atoms with E-state index in [0.717, 1.165) is 0 Å². The van der Waals surface area contributed by atoms with Gasteiger partial charge in [-0.2, -0.15) is 5.10 Å². The minimum absolute atomic E-state index is 0.267. The Morgan fingerprint density at radius 3 is 2.60 bits per heavy atom. The molecule has 1 aromatic carbocycles. The van der Waals surface area contributed by atoms with E-state index in [1.807, 2.05) is 0 Å². The Hall–Kier alpha value is -2.34. The lowest BCUT2D eigenvalue weighted by atomic mass is 10.1. The first-order valence-electron chi connectivity index (χ1n) is 5.77. The molecular formula is C13H12ClN3O3. The van der Waals surface area contributed by atoms with E-state index in [0.29, 0.717) is 5.56 Å². The zero-order valence-electron chi connectivity index (χ0n) is 10.6. The van der Waals surface area contributed by atoms with Crippen molar-refractivity contribution in [2.24, 2.45) is 7.05 Å². The number of carbonyl (C=O) groups is 2. The van der Waals surface area contributed by atoms with Crippen LogP contribution in [0.15, 0.2) is 36.5 Å². The molecule has 6 nitrogen and oxygen atoms in total. The highest BCUT2D eigenvalue weighted by Crippen LogP contribution is 2.23. The number of carboxylic acid groups (broad SMARTS) is 1. The van der Waals surface area contributed by atoms with Crippen LogP contribution in [-0.4, -0.2) is 26.8 Å². The summed E-state index contributed by atoms with van der Waals surface area (Å²) in [7, 11) is 1.60. The molecule has 1 aromatic heterocycles. The highest BCUT2D eigenvalue weighted by atomic mass is 35.5. The molecule has 2 N–H and O–H groups in total. The van der Waals surface area contributed by atoms with Gasteiger partial charge in [0.25, 0.3) is 5.91 Å². The number of carbonyl (C=O) groups excluding carboxylic acids is 1. The molecule has 1 heterocycles. The molecule has 0 aliphatic carbocycles. The molecule has 0 spiro atoms. The Balaban J connectivity index is 2.28. The fourth-order valence-electron chi connectivity index (χ4n) is 1.78. The Bertz CT molecular complexity index is 654. The highest BCUT2D eigenvalue weighted by molar-refractivity contribution is 6.31. The van der Waals surface area contributed by atoms with Crippen molar-refractivity contribution in [2.45, 2.75) is 6.04 Å². The number of aromatic nitrogens is 2. The van der Waals surface area contributed by atoms with Crippen LogP contribution in [-0.2, 0) is 11.8 Å². The normalized spacial score (nSPS) is 11.9. The summed E-state index contributed by atoms with van der Waals surface area (Å²) in [4.78, 5) is 23.4. The number of nitrogens with zero attached hydrogens (tertiary/aromatic N) is 2. The van der Waals surface area contributed by atoms with Gasteiger partial charge in [-0.3, -0.25) is 9.48 Å². The van der Waals surface area contributed by atoms with Crippen LogP contribution in [0.1, 0.15) is 22.1 Å². The summed E-state index contributed by atoms with van der Waals surface area (Å²) in [6, 6.07) is 6.77. The van der Waals surface area contributed by atoms with Gasteiger partial charge in [0, 0.05) is 23.8 Å². The van der Waals surface area contributed by atoms with Gasteiger partial charge >= 0.3 is 5.97 Å². The van der Waals surface area contributed by atoms with E-state index < -0.39 is 17.9 Å². The maximum atomic E-state index is 12.0. The molecule has 0 aliphatic rings. The van der Waals surface area contributed by atoms with Crippen LogP contribution in [0.4, 0.5) is 0 Å². The van der Waals surface area contributed by atoms with Gasteiger partial charge in [0.1, 0.15) is 5.69 Å². The molecular weight excluding hydrogens is 282 g/mol. The zero-order valence-corrected chi connectivity index (χ0v) is 11.3. The predicted octanol–water partition coefficient (Wildman–Crippen LogP) is 1.63. The average molecular weight is 294 g/mol. The Labute approximate surface area is 120 Å². The van der Waals surface area contributed by atoms with Gasteiger partial charge in [-0.25, -0.2) is 4.79 Å². The summed E-state index contributed by atoms with van der Waals surface area (Å²) < 4.78 is 1.36. The largest absolute Gasteiger partial charge is 0.479 e. The van der Waals surface area contributed by atoms with E-state index in [1.165, 1.54) is 16.9 Å². The first-order valence-corrected chi connectivity index (χ1v) is 6.14. The number of hydrogen-bond donors (Lipinski definition) is 2. The molecule has 2 rings (SSSR count). The molecule has 2 aromatic rings. The van der Waals surface area contributed by atoms with E-state index >= 15 is 0 Å². The van der Waals surface area contributed by atoms with E-state index in [4.69, 9.17) is 11.6 Å². The second-order valence-electron chi connectivity index (χ2n) is 4.11. The monoisotopic (exact) mass is 293 g/mol. The first kappa shape index (κ1) is 14.1. The summed E-state index contributed by atoms with van der Waals surface area (Å²) in [5, 5.41) is 15.8.